The zero-order chi connectivity index (χ0) is 24.0. The van der Waals surface area contributed by atoms with Crippen molar-refractivity contribution < 1.29 is 17.6 Å². The number of furan rings is 1. The Balaban J connectivity index is 1.42. The van der Waals surface area contributed by atoms with Crippen LogP contribution in [0, 0.1) is 0 Å². The molecule has 0 saturated heterocycles. The summed E-state index contributed by atoms with van der Waals surface area (Å²) in [6.07, 6.45) is 8.04. The number of imidazole rings is 1. The molecule has 2 aromatic carbocycles. The highest BCUT2D eigenvalue weighted by Crippen LogP contribution is 2.20. The van der Waals surface area contributed by atoms with Crippen LogP contribution in [0.3, 0.4) is 0 Å². The van der Waals surface area contributed by atoms with Crippen LogP contribution in [-0.2, 0) is 28.4 Å². The first-order valence-electron chi connectivity index (χ1n) is 10.6. The highest BCUT2D eigenvalue weighted by molar-refractivity contribution is 7.89. The SMILES string of the molecule is Cn1ccnc1C(NC(=O)/C=C/c1ccc(S(=O)(=O)NCc2ccco2)cc1)c1ccccc1. The second-order valence-electron chi connectivity index (χ2n) is 7.55. The number of hydrogen-bond acceptors (Lipinski definition) is 5. The zero-order valence-electron chi connectivity index (χ0n) is 18.5. The molecule has 1 amide bonds. The van der Waals surface area contributed by atoms with Crippen LogP contribution >= 0.6 is 0 Å². The number of aromatic nitrogens is 2. The van der Waals surface area contributed by atoms with Crippen molar-refractivity contribution in [3.8, 4) is 0 Å². The summed E-state index contributed by atoms with van der Waals surface area (Å²) in [6, 6.07) is 18.8. The fraction of sp³-hybridized carbons (Fsp3) is 0.120. The predicted molar refractivity (Wildman–Crippen MR) is 128 cm³/mol. The van der Waals surface area contributed by atoms with Gasteiger partial charge in [-0.1, -0.05) is 42.5 Å². The van der Waals surface area contributed by atoms with Crippen molar-refractivity contribution >= 4 is 22.0 Å². The van der Waals surface area contributed by atoms with Crippen molar-refractivity contribution in [3.05, 3.63) is 114 Å². The number of hydrogen-bond donors (Lipinski definition) is 2. The van der Waals surface area contributed by atoms with Crippen LogP contribution in [-0.4, -0.2) is 23.9 Å². The van der Waals surface area contributed by atoms with Gasteiger partial charge in [-0.3, -0.25) is 4.79 Å². The highest BCUT2D eigenvalue weighted by atomic mass is 32.2. The normalized spacial score (nSPS) is 12.6. The maximum atomic E-state index is 12.7. The summed E-state index contributed by atoms with van der Waals surface area (Å²) in [5.41, 5.74) is 1.60. The minimum Gasteiger partial charge on any atom is -0.468 e. The minimum atomic E-state index is -3.68. The van der Waals surface area contributed by atoms with E-state index < -0.39 is 16.1 Å². The van der Waals surface area contributed by atoms with Crippen LogP contribution in [0.1, 0.15) is 28.8 Å². The molecule has 0 radical (unpaired) electrons. The molecule has 9 heteroatoms. The third kappa shape index (κ3) is 5.69. The summed E-state index contributed by atoms with van der Waals surface area (Å²) < 4.78 is 34.4. The Kier molecular flexibility index (Phi) is 7.05. The Labute approximate surface area is 198 Å². The number of carbonyl (C=O) groups is 1. The molecular formula is C25H24N4O4S. The molecule has 1 atom stereocenters. The maximum Gasteiger partial charge on any atom is 0.244 e. The van der Waals surface area contributed by atoms with Crippen LogP contribution < -0.4 is 10.0 Å². The van der Waals surface area contributed by atoms with Crippen LogP contribution in [0.25, 0.3) is 6.08 Å². The van der Waals surface area contributed by atoms with Gasteiger partial charge in [-0.2, -0.15) is 0 Å². The Bertz CT molecular complexity index is 1360. The van der Waals surface area contributed by atoms with Gasteiger partial charge in [-0.25, -0.2) is 18.1 Å². The van der Waals surface area contributed by atoms with Gasteiger partial charge in [0.25, 0.3) is 0 Å². The van der Waals surface area contributed by atoms with E-state index in [0.717, 1.165) is 5.56 Å². The van der Waals surface area contributed by atoms with Gasteiger partial charge in [0.05, 0.1) is 17.7 Å². The topological polar surface area (TPSA) is 106 Å². The number of sulfonamides is 1. The van der Waals surface area contributed by atoms with E-state index in [9.17, 15) is 13.2 Å². The molecular weight excluding hydrogens is 452 g/mol. The summed E-state index contributed by atoms with van der Waals surface area (Å²) in [7, 11) is -1.81. The largest absolute Gasteiger partial charge is 0.468 e. The van der Waals surface area contributed by atoms with Crippen LogP contribution in [0.2, 0.25) is 0 Å². The van der Waals surface area contributed by atoms with Crippen molar-refractivity contribution in [1.29, 1.82) is 0 Å². The molecule has 8 nitrogen and oxygen atoms in total. The molecule has 0 spiro atoms. The molecule has 0 aliphatic heterocycles. The predicted octanol–water partition coefficient (Wildman–Crippen LogP) is 3.41. The molecule has 0 fully saturated rings. The summed E-state index contributed by atoms with van der Waals surface area (Å²) in [4.78, 5) is 17.2. The number of nitrogens with one attached hydrogen (secondary N) is 2. The van der Waals surface area contributed by atoms with Crippen molar-refractivity contribution in [2.24, 2.45) is 7.05 Å². The fourth-order valence-electron chi connectivity index (χ4n) is 3.38. The lowest BCUT2D eigenvalue weighted by molar-refractivity contribution is -0.117. The van der Waals surface area contributed by atoms with Crippen molar-refractivity contribution in [1.82, 2.24) is 19.6 Å². The van der Waals surface area contributed by atoms with E-state index >= 15 is 0 Å². The Morgan fingerprint density at radius 1 is 1.09 bits per heavy atom. The average molecular weight is 477 g/mol. The van der Waals surface area contributed by atoms with Crippen molar-refractivity contribution in [3.63, 3.8) is 0 Å². The molecule has 4 rings (SSSR count). The third-order valence-electron chi connectivity index (χ3n) is 5.17. The molecule has 34 heavy (non-hydrogen) atoms. The van der Waals surface area contributed by atoms with Gasteiger partial charge < -0.3 is 14.3 Å². The van der Waals surface area contributed by atoms with Crippen molar-refractivity contribution in [2.75, 3.05) is 0 Å². The summed E-state index contributed by atoms with van der Waals surface area (Å²) in [6.45, 7) is 0.0652. The van der Waals surface area contributed by atoms with Crippen LogP contribution in [0.4, 0.5) is 0 Å². The van der Waals surface area contributed by atoms with Gasteiger partial charge in [0, 0.05) is 25.5 Å². The van der Waals surface area contributed by atoms with Crippen LogP contribution in [0.15, 0.2) is 101 Å². The molecule has 0 aliphatic rings. The molecule has 2 aromatic heterocycles. The summed E-state index contributed by atoms with van der Waals surface area (Å²) >= 11 is 0. The lowest BCUT2D eigenvalue weighted by Gasteiger charge is -2.18. The first-order valence-corrected chi connectivity index (χ1v) is 12.0. The smallest absolute Gasteiger partial charge is 0.244 e. The van der Waals surface area contributed by atoms with Gasteiger partial charge in [0.1, 0.15) is 17.6 Å². The molecule has 0 saturated carbocycles. The van der Waals surface area contributed by atoms with E-state index in [4.69, 9.17) is 4.42 Å². The monoisotopic (exact) mass is 476 g/mol. The average Bonchev–Trinajstić information content (AvgIpc) is 3.53. The number of aryl methyl sites for hydroxylation is 1. The zero-order valence-corrected chi connectivity index (χ0v) is 19.3. The molecule has 4 aromatic rings. The Morgan fingerprint density at radius 2 is 1.85 bits per heavy atom. The molecule has 174 valence electrons. The second-order valence-corrected chi connectivity index (χ2v) is 9.32. The summed E-state index contributed by atoms with van der Waals surface area (Å²) in [5.74, 6) is 0.937. The van der Waals surface area contributed by atoms with Gasteiger partial charge in [-0.05, 0) is 41.5 Å². The van der Waals surface area contributed by atoms with E-state index in [1.165, 1.54) is 24.5 Å². The second kappa shape index (κ2) is 10.3. The third-order valence-corrected chi connectivity index (χ3v) is 6.59. The first kappa shape index (κ1) is 23.2. The lowest BCUT2D eigenvalue weighted by Crippen LogP contribution is -2.29. The number of carbonyl (C=O) groups excluding carboxylic acids is 1. The first-order chi connectivity index (χ1) is 16.4. The number of rotatable bonds is 9. The van der Waals surface area contributed by atoms with E-state index in [-0.39, 0.29) is 17.3 Å². The highest BCUT2D eigenvalue weighted by Gasteiger charge is 2.19. The molecule has 2 N–H and O–H groups in total. The number of amides is 1. The summed E-state index contributed by atoms with van der Waals surface area (Å²) in [5, 5.41) is 2.99. The standard InChI is InChI=1S/C25H24N4O4S/c1-29-16-15-26-25(29)24(20-6-3-2-4-7-20)28-23(30)14-11-19-9-12-22(13-10-19)34(31,32)27-18-21-8-5-17-33-21/h2-17,24,27H,18H2,1H3,(H,28,30)/b14-11+. The van der Waals surface area contributed by atoms with Gasteiger partial charge >= 0.3 is 0 Å². The van der Waals surface area contributed by atoms with E-state index in [2.05, 4.69) is 15.0 Å². The number of nitrogens with zero attached hydrogens (tertiary/aromatic N) is 2. The minimum absolute atomic E-state index is 0.0652. The molecule has 2 heterocycles. The lowest BCUT2D eigenvalue weighted by atomic mass is 10.1. The molecule has 1 unspecified atom stereocenters. The fourth-order valence-corrected chi connectivity index (χ4v) is 4.37. The van der Waals surface area contributed by atoms with E-state index in [1.54, 1.807) is 36.5 Å². The van der Waals surface area contributed by atoms with Crippen LogP contribution in [0.5, 0.6) is 0 Å². The van der Waals surface area contributed by atoms with Crippen molar-refractivity contribution in [2.45, 2.75) is 17.5 Å². The quantitative estimate of drug-likeness (QED) is 0.360. The molecule has 0 bridgehead atoms. The van der Waals surface area contributed by atoms with Gasteiger partial charge in [-0.15, -0.1) is 0 Å². The van der Waals surface area contributed by atoms with Gasteiger partial charge in [0.15, 0.2) is 0 Å². The maximum absolute atomic E-state index is 12.7. The Hall–Kier alpha value is -3.95. The number of benzene rings is 2. The van der Waals surface area contributed by atoms with E-state index in [0.29, 0.717) is 17.1 Å². The van der Waals surface area contributed by atoms with Gasteiger partial charge in [0.2, 0.25) is 15.9 Å². The van der Waals surface area contributed by atoms with E-state index in [1.807, 2.05) is 48.1 Å². The molecule has 0 aliphatic carbocycles. The Morgan fingerprint density at radius 3 is 2.50 bits per heavy atom.